The SMILES string of the molecule is C#CC[n+]1c(N)sc2cc(F)ccc21.[Br-]. The summed E-state index contributed by atoms with van der Waals surface area (Å²) in [6.07, 6.45) is 5.21. The molecule has 0 saturated heterocycles. The molecule has 0 aliphatic heterocycles. The molecule has 0 atom stereocenters. The van der Waals surface area contributed by atoms with Crippen LogP contribution in [0.4, 0.5) is 9.52 Å². The average molecular weight is 287 g/mol. The van der Waals surface area contributed by atoms with E-state index in [2.05, 4.69) is 5.92 Å². The number of fused-ring (bicyclic) bond motifs is 1. The lowest BCUT2D eigenvalue weighted by Crippen LogP contribution is -3.00. The zero-order valence-corrected chi connectivity index (χ0v) is 10.1. The second-order valence-corrected chi connectivity index (χ2v) is 3.90. The molecule has 1 heterocycles. The van der Waals surface area contributed by atoms with Gasteiger partial charge in [0.25, 0.3) is 0 Å². The second kappa shape index (κ2) is 4.60. The molecular formula is C10H8BrFN2S. The van der Waals surface area contributed by atoms with Crippen LogP contribution in [0.25, 0.3) is 10.2 Å². The summed E-state index contributed by atoms with van der Waals surface area (Å²) in [4.78, 5) is 0. The lowest BCUT2D eigenvalue weighted by molar-refractivity contribution is -0.640. The zero-order chi connectivity index (χ0) is 10.1. The Morgan fingerprint density at radius 1 is 1.53 bits per heavy atom. The van der Waals surface area contributed by atoms with Gasteiger partial charge in [0.05, 0.1) is 4.70 Å². The number of anilines is 1. The Kier molecular flexibility index (Phi) is 3.66. The fourth-order valence-electron chi connectivity index (χ4n) is 1.33. The number of terminal acetylenes is 1. The number of nitrogens with two attached hydrogens (primary N) is 1. The first-order chi connectivity index (χ1) is 6.72. The molecule has 2 N–H and O–H groups in total. The zero-order valence-electron chi connectivity index (χ0n) is 7.71. The monoisotopic (exact) mass is 286 g/mol. The fourth-order valence-corrected chi connectivity index (χ4v) is 2.29. The van der Waals surface area contributed by atoms with E-state index in [0.717, 1.165) is 10.2 Å². The maximum atomic E-state index is 12.9. The first-order valence-electron chi connectivity index (χ1n) is 4.03. The van der Waals surface area contributed by atoms with Crippen molar-refractivity contribution in [1.82, 2.24) is 0 Å². The van der Waals surface area contributed by atoms with Crippen LogP contribution in [0.5, 0.6) is 0 Å². The predicted molar refractivity (Wildman–Crippen MR) is 55.2 cm³/mol. The van der Waals surface area contributed by atoms with Crippen molar-refractivity contribution in [2.75, 3.05) is 5.73 Å². The van der Waals surface area contributed by atoms with Gasteiger partial charge in [-0.15, -0.1) is 6.42 Å². The molecule has 0 spiro atoms. The number of aromatic nitrogens is 1. The Balaban J connectivity index is 0.00000112. The molecule has 2 nitrogen and oxygen atoms in total. The van der Waals surface area contributed by atoms with Gasteiger partial charge in [-0.05, 0) is 29.5 Å². The molecule has 0 unspecified atom stereocenters. The minimum absolute atomic E-state index is 0. The van der Waals surface area contributed by atoms with Crippen molar-refractivity contribution in [2.24, 2.45) is 0 Å². The lowest BCUT2D eigenvalue weighted by Gasteiger charge is -1.92. The summed E-state index contributed by atoms with van der Waals surface area (Å²) in [6, 6.07) is 4.56. The normalized spacial score (nSPS) is 9.60. The molecule has 0 aliphatic carbocycles. The van der Waals surface area contributed by atoms with Crippen LogP contribution in [0.15, 0.2) is 18.2 Å². The Hall–Kier alpha value is -1.12. The minimum atomic E-state index is -0.258. The van der Waals surface area contributed by atoms with Gasteiger partial charge in [-0.2, -0.15) is 0 Å². The highest BCUT2D eigenvalue weighted by Gasteiger charge is 2.13. The number of hydrogen-bond acceptors (Lipinski definition) is 2. The standard InChI is InChI=1S/C10H7FN2S.BrH/c1-2-5-13-8-4-3-7(11)6-9(8)14-10(13)12;/h1,3-4,6,12H,5H2;1H. The smallest absolute Gasteiger partial charge is 0.333 e. The van der Waals surface area contributed by atoms with Gasteiger partial charge in [-0.1, -0.05) is 5.92 Å². The van der Waals surface area contributed by atoms with Gasteiger partial charge in [0.1, 0.15) is 11.3 Å². The summed E-state index contributed by atoms with van der Waals surface area (Å²) in [5, 5.41) is 0.601. The molecule has 0 fully saturated rings. The molecule has 0 amide bonds. The Morgan fingerprint density at radius 2 is 2.27 bits per heavy atom. The van der Waals surface area contributed by atoms with Crippen molar-refractivity contribution in [3.05, 3.63) is 24.0 Å². The van der Waals surface area contributed by atoms with Crippen molar-refractivity contribution < 1.29 is 25.9 Å². The number of hydrogen-bond donors (Lipinski definition) is 1. The Labute approximate surface area is 101 Å². The maximum Gasteiger partial charge on any atom is 0.333 e. The first kappa shape index (κ1) is 12.0. The topological polar surface area (TPSA) is 29.9 Å². The average Bonchev–Trinajstić information content (AvgIpc) is 2.43. The largest absolute Gasteiger partial charge is 1.00 e. The highest BCUT2D eigenvalue weighted by atomic mass is 79.9. The van der Waals surface area contributed by atoms with E-state index in [1.807, 2.05) is 0 Å². The van der Waals surface area contributed by atoms with E-state index in [1.54, 1.807) is 10.6 Å². The van der Waals surface area contributed by atoms with Gasteiger partial charge in [0, 0.05) is 0 Å². The van der Waals surface area contributed by atoms with E-state index in [9.17, 15) is 4.39 Å². The second-order valence-electron chi connectivity index (χ2n) is 2.84. The van der Waals surface area contributed by atoms with E-state index >= 15 is 0 Å². The van der Waals surface area contributed by atoms with Gasteiger partial charge in [0.15, 0.2) is 6.54 Å². The van der Waals surface area contributed by atoms with Crippen molar-refractivity contribution in [1.29, 1.82) is 0 Å². The molecule has 0 radical (unpaired) electrons. The molecule has 1 aromatic carbocycles. The predicted octanol–water partition coefficient (Wildman–Crippen LogP) is -1.45. The van der Waals surface area contributed by atoms with Crippen LogP contribution in [0.2, 0.25) is 0 Å². The summed E-state index contributed by atoms with van der Waals surface area (Å²) >= 11 is 1.34. The van der Waals surface area contributed by atoms with Gasteiger partial charge in [0.2, 0.25) is 0 Å². The molecule has 0 aliphatic rings. The van der Waals surface area contributed by atoms with Crippen LogP contribution in [-0.2, 0) is 6.54 Å². The van der Waals surface area contributed by atoms with Gasteiger partial charge in [-0.25, -0.2) is 8.96 Å². The molecule has 5 heteroatoms. The van der Waals surface area contributed by atoms with E-state index in [1.165, 1.54) is 23.5 Å². The number of benzene rings is 1. The Morgan fingerprint density at radius 3 is 2.93 bits per heavy atom. The highest BCUT2D eigenvalue weighted by molar-refractivity contribution is 7.21. The molecule has 0 saturated carbocycles. The molecular weight excluding hydrogens is 279 g/mol. The summed E-state index contributed by atoms with van der Waals surface area (Å²) in [5.74, 6) is 2.26. The van der Waals surface area contributed by atoms with Crippen LogP contribution >= 0.6 is 11.3 Å². The van der Waals surface area contributed by atoms with E-state index < -0.39 is 0 Å². The van der Waals surface area contributed by atoms with Crippen molar-refractivity contribution in [3.63, 3.8) is 0 Å². The van der Waals surface area contributed by atoms with Crippen molar-refractivity contribution in [3.8, 4) is 12.3 Å². The lowest BCUT2D eigenvalue weighted by atomic mass is 10.3. The van der Waals surface area contributed by atoms with E-state index in [-0.39, 0.29) is 22.8 Å². The van der Waals surface area contributed by atoms with Crippen LogP contribution < -0.4 is 27.3 Å². The highest BCUT2D eigenvalue weighted by Crippen LogP contribution is 2.22. The summed E-state index contributed by atoms with van der Waals surface area (Å²) in [6.45, 7) is 0.414. The van der Waals surface area contributed by atoms with Crippen molar-refractivity contribution >= 4 is 26.7 Å². The third-order valence-corrected chi connectivity index (χ3v) is 2.92. The summed E-state index contributed by atoms with van der Waals surface area (Å²) in [7, 11) is 0. The molecule has 78 valence electrons. The summed E-state index contributed by atoms with van der Waals surface area (Å²) in [5.41, 5.74) is 6.63. The molecule has 1 aromatic heterocycles. The van der Waals surface area contributed by atoms with Crippen molar-refractivity contribution in [2.45, 2.75) is 6.54 Å². The number of halogens is 2. The van der Waals surface area contributed by atoms with Gasteiger partial charge >= 0.3 is 5.13 Å². The van der Waals surface area contributed by atoms with Crippen LogP contribution in [-0.4, -0.2) is 0 Å². The number of thiazole rings is 1. The first-order valence-corrected chi connectivity index (χ1v) is 4.85. The summed E-state index contributed by atoms with van der Waals surface area (Å²) < 4.78 is 15.5. The third-order valence-electron chi connectivity index (χ3n) is 1.94. The number of rotatable bonds is 1. The van der Waals surface area contributed by atoms with Crippen LogP contribution in [0.3, 0.4) is 0 Å². The van der Waals surface area contributed by atoms with E-state index in [4.69, 9.17) is 12.2 Å². The number of nitrogen functional groups attached to an aromatic ring is 1. The Bertz CT molecular complexity index is 530. The third kappa shape index (κ3) is 2.11. The number of nitrogens with zero attached hydrogens (tertiary/aromatic N) is 1. The maximum absolute atomic E-state index is 12.9. The quantitative estimate of drug-likeness (QED) is 0.505. The molecule has 2 aromatic rings. The minimum Gasteiger partial charge on any atom is -1.00 e. The van der Waals surface area contributed by atoms with Crippen LogP contribution in [0, 0.1) is 18.2 Å². The fraction of sp³-hybridized carbons (Fsp3) is 0.100. The van der Waals surface area contributed by atoms with Crippen LogP contribution in [0.1, 0.15) is 0 Å². The van der Waals surface area contributed by atoms with E-state index in [0.29, 0.717) is 11.7 Å². The molecule has 15 heavy (non-hydrogen) atoms. The van der Waals surface area contributed by atoms with Gasteiger partial charge < -0.3 is 17.0 Å². The molecule has 0 bridgehead atoms. The molecule has 2 rings (SSSR count). The van der Waals surface area contributed by atoms with Gasteiger partial charge in [-0.3, -0.25) is 5.73 Å².